The van der Waals surface area contributed by atoms with Crippen molar-refractivity contribution in [2.24, 2.45) is 11.1 Å². The Labute approximate surface area is 164 Å². The molecule has 1 fully saturated rings. The van der Waals surface area contributed by atoms with E-state index in [1.165, 1.54) is 12.1 Å². The summed E-state index contributed by atoms with van der Waals surface area (Å²) in [4.78, 5) is 12.4. The second-order valence-electron chi connectivity index (χ2n) is 6.80. The lowest BCUT2D eigenvalue weighted by molar-refractivity contribution is -0.122. The molecule has 28 heavy (non-hydrogen) atoms. The maximum atomic E-state index is 12.3. The summed E-state index contributed by atoms with van der Waals surface area (Å²) in [6.45, 7) is 0.707. The van der Waals surface area contributed by atoms with Gasteiger partial charge in [-0.2, -0.15) is 0 Å². The maximum absolute atomic E-state index is 12.3. The van der Waals surface area contributed by atoms with Crippen LogP contribution in [0.15, 0.2) is 53.4 Å². The van der Waals surface area contributed by atoms with Crippen LogP contribution in [0.25, 0.3) is 0 Å². The van der Waals surface area contributed by atoms with Gasteiger partial charge in [0.15, 0.2) is 6.79 Å². The van der Waals surface area contributed by atoms with Crippen molar-refractivity contribution in [3.63, 3.8) is 0 Å². The SMILES string of the molecule is COCOc1ccc(C2CC2C(=O)NCCc2ccc(S(N)(=O)=O)cc2)cc1. The average molecular weight is 404 g/mol. The monoisotopic (exact) mass is 404 g/mol. The largest absolute Gasteiger partial charge is 0.468 e. The van der Waals surface area contributed by atoms with Gasteiger partial charge in [-0.15, -0.1) is 0 Å². The molecular formula is C20H24N2O5S. The zero-order valence-electron chi connectivity index (χ0n) is 15.6. The second-order valence-corrected chi connectivity index (χ2v) is 8.36. The number of carbonyl (C=O) groups excluding carboxylic acids is 1. The molecule has 0 bridgehead atoms. The van der Waals surface area contributed by atoms with Gasteiger partial charge in [0.05, 0.1) is 4.90 Å². The van der Waals surface area contributed by atoms with Crippen molar-refractivity contribution < 1.29 is 22.7 Å². The van der Waals surface area contributed by atoms with Crippen LogP contribution < -0.4 is 15.2 Å². The number of sulfonamides is 1. The number of amides is 1. The lowest BCUT2D eigenvalue weighted by Crippen LogP contribution is -2.27. The topological polar surface area (TPSA) is 108 Å². The van der Waals surface area contributed by atoms with Gasteiger partial charge in [0.2, 0.25) is 15.9 Å². The first-order chi connectivity index (χ1) is 13.4. The summed E-state index contributed by atoms with van der Waals surface area (Å²) in [6.07, 6.45) is 1.47. The van der Waals surface area contributed by atoms with Gasteiger partial charge in [-0.05, 0) is 54.2 Å². The third-order valence-corrected chi connectivity index (χ3v) is 5.67. The smallest absolute Gasteiger partial charge is 0.238 e. The van der Waals surface area contributed by atoms with Crippen LogP contribution in [0.1, 0.15) is 23.5 Å². The van der Waals surface area contributed by atoms with Crippen molar-refractivity contribution in [3.05, 3.63) is 59.7 Å². The Morgan fingerprint density at radius 1 is 1.14 bits per heavy atom. The Bertz CT molecular complexity index is 911. The average Bonchev–Trinajstić information content (AvgIpc) is 3.47. The van der Waals surface area contributed by atoms with E-state index in [4.69, 9.17) is 14.6 Å². The zero-order chi connectivity index (χ0) is 20.1. The normalized spacial score (nSPS) is 18.5. The number of hydrogen-bond acceptors (Lipinski definition) is 5. The second kappa shape index (κ2) is 8.72. The van der Waals surface area contributed by atoms with Crippen LogP contribution in [0.3, 0.4) is 0 Å². The van der Waals surface area contributed by atoms with E-state index in [-0.39, 0.29) is 29.4 Å². The van der Waals surface area contributed by atoms with E-state index in [2.05, 4.69) is 5.32 Å². The molecule has 150 valence electrons. The lowest BCUT2D eigenvalue weighted by atomic mass is 10.1. The molecule has 1 amide bonds. The number of nitrogens with two attached hydrogens (primary N) is 1. The van der Waals surface area contributed by atoms with Crippen molar-refractivity contribution in [3.8, 4) is 5.75 Å². The molecular weight excluding hydrogens is 380 g/mol. The highest BCUT2D eigenvalue weighted by atomic mass is 32.2. The molecule has 2 unspecified atom stereocenters. The molecule has 1 saturated carbocycles. The fourth-order valence-corrected chi connectivity index (χ4v) is 3.61. The highest BCUT2D eigenvalue weighted by Crippen LogP contribution is 2.47. The Morgan fingerprint density at radius 2 is 1.82 bits per heavy atom. The Hall–Kier alpha value is -2.42. The molecule has 2 aromatic carbocycles. The standard InChI is InChI=1S/C20H24N2O5S/c1-26-13-27-16-6-4-15(5-7-16)18-12-19(18)20(23)22-11-10-14-2-8-17(9-3-14)28(21,24)25/h2-9,18-19H,10-13H2,1H3,(H,22,23)(H2,21,24,25). The number of benzene rings is 2. The molecule has 2 aromatic rings. The van der Waals surface area contributed by atoms with Crippen LogP contribution in [-0.2, 0) is 26.0 Å². The third kappa shape index (κ3) is 5.31. The molecule has 0 spiro atoms. The van der Waals surface area contributed by atoms with E-state index in [9.17, 15) is 13.2 Å². The van der Waals surface area contributed by atoms with Gasteiger partial charge in [0.1, 0.15) is 5.75 Å². The van der Waals surface area contributed by atoms with Gasteiger partial charge < -0.3 is 14.8 Å². The van der Waals surface area contributed by atoms with E-state index in [0.29, 0.717) is 13.0 Å². The van der Waals surface area contributed by atoms with Crippen LogP contribution in [0.2, 0.25) is 0 Å². The molecule has 0 aliphatic heterocycles. The number of methoxy groups -OCH3 is 1. The summed E-state index contributed by atoms with van der Waals surface area (Å²) in [5.41, 5.74) is 2.06. The Morgan fingerprint density at radius 3 is 2.43 bits per heavy atom. The van der Waals surface area contributed by atoms with Crippen LogP contribution in [-0.4, -0.2) is 34.8 Å². The molecule has 0 aromatic heterocycles. The van der Waals surface area contributed by atoms with Crippen LogP contribution in [0, 0.1) is 5.92 Å². The molecule has 7 nitrogen and oxygen atoms in total. The number of carbonyl (C=O) groups is 1. The first-order valence-corrected chi connectivity index (χ1v) is 10.5. The third-order valence-electron chi connectivity index (χ3n) is 4.74. The highest BCUT2D eigenvalue weighted by molar-refractivity contribution is 7.89. The molecule has 0 radical (unpaired) electrons. The van der Waals surface area contributed by atoms with Crippen molar-refractivity contribution in [1.29, 1.82) is 0 Å². The minimum absolute atomic E-state index is 0.00416. The van der Waals surface area contributed by atoms with E-state index in [0.717, 1.165) is 23.3 Å². The summed E-state index contributed by atoms with van der Waals surface area (Å²) in [5.74, 6) is 1.02. The molecule has 0 saturated heterocycles. The van der Waals surface area contributed by atoms with Gasteiger partial charge in [-0.25, -0.2) is 13.6 Å². The molecule has 0 heterocycles. The number of nitrogens with one attached hydrogen (secondary N) is 1. The van der Waals surface area contributed by atoms with Crippen LogP contribution in [0.5, 0.6) is 5.75 Å². The van der Waals surface area contributed by atoms with Gasteiger partial charge in [-0.1, -0.05) is 24.3 Å². The predicted octanol–water partition coefficient (Wildman–Crippen LogP) is 1.78. The molecule has 1 aliphatic carbocycles. The lowest BCUT2D eigenvalue weighted by Gasteiger charge is -2.07. The minimum atomic E-state index is -3.68. The quantitative estimate of drug-likeness (QED) is 0.620. The van der Waals surface area contributed by atoms with E-state index < -0.39 is 10.0 Å². The first-order valence-electron chi connectivity index (χ1n) is 8.99. The molecule has 1 aliphatic rings. The fourth-order valence-electron chi connectivity index (χ4n) is 3.10. The summed E-state index contributed by atoms with van der Waals surface area (Å²) in [6, 6.07) is 14.1. The highest BCUT2D eigenvalue weighted by Gasteiger charge is 2.43. The van der Waals surface area contributed by atoms with Gasteiger partial charge in [0.25, 0.3) is 0 Å². The number of ether oxygens (including phenoxy) is 2. The first kappa shape index (κ1) is 20.3. The summed E-state index contributed by atoms with van der Waals surface area (Å²) >= 11 is 0. The Kier molecular flexibility index (Phi) is 6.33. The molecule has 2 atom stereocenters. The van der Waals surface area contributed by atoms with Crippen molar-refractivity contribution in [2.75, 3.05) is 20.4 Å². The molecule has 3 rings (SSSR count). The predicted molar refractivity (Wildman–Crippen MR) is 104 cm³/mol. The summed E-state index contributed by atoms with van der Waals surface area (Å²) in [5, 5.41) is 8.03. The van der Waals surface area contributed by atoms with Gasteiger partial charge in [0, 0.05) is 19.6 Å². The van der Waals surface area contributed by atoms with Gasteiger partial charge >= 0.3 is 0 Å². The van der Waals surface area contributed by atoms with Crippen LogP contribution >= 0.6 is 0 Å². The molecule has 3 N–H and O–H groups in total. The zero-order valence-corrected chi connectivity index (χ0v) is 16.4. The van der Waals surface area contributed by atoms with E-state index in [1.54, 1.807) is 19.2 Å². The molecule has 8 heteroatoms. The van der Waals surface area contributed by atoms with Crippen molar-refractivity contribution >= 4 is 15.9 Å². The number of hydrogen-bond donors (Lipinski definition) is 2. The van der Waals surface area contributed by atoms with Crippen LogP contribution in [0.4, 0.5) is 0 Å². The number of primary sulfonamides is 1. The summed E-state index contributed by atoms with van der Waals surface area (Å²) < 4.78 is 32.7. The van der Waals surface area contributed by atoms with Crippen molar-refractivity contribution in [1.82, 2.24) is 5.32 Å². The Balaban J connectivity index is 1.44. The minimum Gasteiger partial charge on any atom is -0.468 e. The van der Waals surface area contributed by atoms with E-state index >= 15 is 0 Å². The maximum Gasteiger partial charge on any atom is 0.238 e. The fraction of sp³-hybridized carbons (Fsp3) is 0.350. The van der Waals surface area contributed by atoms with Gasteiger partial charge in [-0.3, -0.25) is 4.79 Å². The van der Waals surface area contributed by atoms with E-state index in [1.807, 2.05) is 24.3 Å². The summed E-state index contributed by atoms with van der Waals surface area (Å²) in [7, 11) is -2.11. The van der Waals surface area contributed by atoms with Crippen molar-refractivity contribution in [2.45, 2.75) is 23.7 Å². The number of rotatable bonds is 9.